The van der Waals surface area contributed by atoms with Crippen LogP contribution >= 0.6 is 11.3 Å². The van der Waals surface area contributed by atoms with Gasteiger partial charge in [0.05, 0.1) is 33.0 Å². The molecule has 0 atom stereocenters. The van der Waals surface area contributed by atoms with Crippen molar-refractivity contribution in [1.82, 2.24) is 15.0 Å². The van der Waals surface area contributed by atoms with Crippen molar-refractivity contribution in [2.24, 2.45) is 0 Å². The van der Waals surface area contributed by atoms with E-state index in [0.29, 0.717) is 11.3 Å². The fourth-order valence-electron chi connectivity index (χ4n) is 3.96. The summed E-state index contributed by atoms with van der Waals surface area (Å²) in [5.41, 5.74) is 5.36. The Kier molecular flexibility index (Phi) is 4.66. The summed E-state index contributed by atoms with van der Waals surface area (Å²) in [6.45, 7) is 4.11. The Bertz CT molecular complexity index is 1210. The topological polar surface area (TPSA) is 47.9 Å². The Morgan fingerprint density at radius 1 is 1.10 bits per heavy atom. The van der Waals surface area contributed by atoms with Gasteiger partial charge in [0.2, 0.25) is 0 Å². The largest absolute Gasteiger partial charge is 0.487 e. The fourth-order valence-corrected chi connectivity index (χ4v) is 4.95. The first-order valence-electron chi connectivity index (χ1n) is 10.1. The summed E-state index contributed by atoms with van der Waals surface area (Å²) in [5.74, 6) is -0.0104. The second kappa shape index (κ2) is 7.34. The molecule has 1 saturated carbocycles. The van der Waals surface area contributed by atoms with Crippen LogP contribution in [0.4, 0.5) is 4.39 Å². The summed E-state index contributed by atoms with van der Waals surface area (Å²) in [6, 6.07) is 7.40. The van der Waals surface area contributed by atoms with Crippen molar-refractivity contribution in [3.8, 4) is 16.3 Å². The van der Waals surface area contributed by atoms with E-state index in [2.05, 4.69) is 18.0 Å². The van der Waals surface area contributed by atoms with Crippen LogP contribution in [0.3, 0.4) is 0 Å². The highest BCUT2D eigenvalue weighted by atomic mass is 32.1. The Morgan fingerprint density at radius 2 is 1.93 bits per heavy atom. The van der Waals surface area contributed by atoms with E-state index in [0.717, 1.165) is 69.7 Å². The molecule has 1 fully saturated rings. The van der Waals surface area contributed by atoms with Gasteiger partial charge in [0.1, 0.15) is 5.01 Å². The average molecular weight is 408 g/mol. The Balaban J connectivity index is 1.60. The molecule has 6 heteroatoms. The van der Waals surface area contributed by atoms with Gasteiger partial charge in [-0.15, -0.1) is 11.3 Å². The van der Waals surface area contributed by atoms with Crippen molar-refractivity contribution in [3.63, 3.8) is 0 Å². The van der Waals surface area contributed by atoms with Gasteiger partial charge in [0, 0.05) is 23.9 Å². The van der Waals surface area contributed by atoms with Gasteiger partial charge in [0.25, 0.3) is 0 Å². The third-order valence-electron chi connectivity index (χ3n) is 5.47. The Hall–Kier alpha value is -2.60. The molecule has 0 aliphatic heterocycles. The van der Waals surface area contributed by atoms with E-state index < -0.39 is 0 Å². The van der Waals surface area contributed by atoms with E-state index in [1.165, 1.54) is 17.4 Å². The van der Waals surface area contributed by atoms with Gasteiger partial charge in [-0.1, -0.05) is 6.92 Å². The first-order valence-corrected chi connectivity index (χ1v) is 11.0. The predicted octanol–water partition coefficient (Wildman–Crippen LogP) is 6.24. The van der Waals surface area contributed by atoms with Gasteiger partial charge in [-0.05, 0) is 56.7 Å². The van der Waals surface area contributed by atoms with Crippen molar-refractivity contribution in [1.29, 1.82) is 0 Å². The van der Waals surface area contributed by atoms with Crippen LogP contribution in [0.1, 0.15) is 43.9 Å². The number of benzene rings is 2. The van der Waals surface area contributed by atoms with Gasteiger partial charge in [0.15, 0.2) is 11.6 Å². The van der Waals surface area contributed by atoms with Crippen LogP contribution in [-0.2, 0) is 6.42 Å². The van der Waals surface area contributed by atoms with E-state index in [1.807, 2.05) is 19.2 Å². The lowest BCUT2D eigenvalue weighted by atomic mass is 10.1. The number of fused-ring (bicyclic) bond motifs is 2. The van der Waals surface area contributed by atoms with E-state index in [4.69, 9.17) is 14.7 Å². The van der Waals surface area contributed by atoms with Crippen molar-refractivity contribution in [3.05, 3.63) is 47.5 Å². The molecule has 0 unspecified atom stereocenters. The third kappa shape index (κ3) is 3.46. The van der Waals surface area contributed by atoms with Crippen LogP contribution in [-0.4, -0.2) is 21.1 Å². The fraction of sp³-hybridized carbons (Fsp3) is 0.348. The standard InChI is InChI=1S/C23H22FN3OS/c1-3-14-12-25-22-16(8-13(2)9-19(22)26-14)23-27-18-10-17(24)20(11-21(18)29-23)28-15-6-4-5-7-15/h8-12,15H,3-7H2,1-2H3. The number of nitrogens with zero attached hydrogens (tertiary/aromatic N) is 3. The van der Waals surface area contributed by atoms with E-state index in [9.17, 15) is 4.39 Å². The second-order valence-corrected chi connectivity index (χ2v) is 8.72. The van der Waals surface area contributed by atoms with Crippen molar-refractivity contribution in [2.75, 3.05) is 0 Å². The number of hydrogen-bond donors (Lipinski definition) is 0. The van der Waals surface area contributed by atoms with Crippen molar-refractivity contribution >= 4 is 32.6 Å². The molecule has 0 N–H and O–H groups in total. The molecule has 0 spiro atoms. The second-order valence-electron chi connectivity index (χ2n) is 7.69. The highest BCUT2D eigenvalue weighted by Gasteiger charge is 2.20. The average Bonchev–Trinajstić information content (AvgIpc) is 3.36. The SMILES string of the molecule is CCc1cnc2c(-c3nc4cc(F)c(OC5CCCC5)cc4s3)cc(C)cc2n1. The molecule has 0 radical (unpaired) electrons. The molecular weight excluding hydrogens is 385 g/mol. The maximum atomic E-state index is 14.6. The minimum Gasteiger partial charge on any atom is -0.487 e. The highest BCUT2D eigenvalue weighted by Crippen LogP contribution is 2.37. The zero-order chi connectivity index (χ0) is 20.0. The van der Waals surface area contributed by atoms with Crippen LogP contribution in [0.2, 0.25) is 0 Å². The first-order chi connectivity index (χ1) is 14.1. The van der Waals surface area contributed by atoms with Gasteiger partial charge < -0.3 is 4.74 Å². The number of halogens is 1. The van der Waals surface area contributed by atoms with Crippen LogP contribution in [0.25, 0.3) is 31.8 Å². The molecule has 2 aromatic heterocycles. The lowest BCUT2D eigenvalue weighted by Crippen LogP contribution is -2.11. The van der Waals surface area contributed by atoms with Crippen molar-refractivity contribution in [2.45, 2.75) is 52.1 Å². The minimum absolute atomic E-state index is 0.123. The van der Waals surface area contributed by atoms with Gasteiger partial charge in [-0.25, -0.2) is 14.4 Å². The molecule has 0 bridgehead atoms. The maximum Gasteiger partial charge on any atom is 0.167 e. The molecule has 4 aromatic rings. The summed E-state index contributed by atoms with van der Waals surface area (Å²) in [5, 5.41) is 0.824. The zero-order valence-corrected chi connectivity index (χ0v) is 17.4. The molecule has 0 amide bonds. The first kappa shape index (κ1) is 18.4. The molecule has 29 heavy (non-hydrogen) atoms. The number of ether oxygens (including phenoxy) is 1. The highest BCUT2D eigenvalue weighted by molar-refractivity contribution is 7.21. The van der Waals surface area contributed by atoms with Gasteiger partial charge in [-0.3, -0.25) is 4.98 Å². The summed E-state index contributed by atoms with van der Waals surface area (Å²) in [7, 11) is 0. The van der Waals surface area contributed by atoms with Crippen LogP contribution in [0.5, 0.6) is 5.75 Å². The molecule has 4 nitrogen and oxygen atoms in total. The van der Waals surface area contributed by atoms with E-state index in [-0.39, 0.29) is 11.9 Å². The summed E-state index contributed by atoms with van der Waals surface area (Å²) in [4.78, 5) is 14.1. The third-order valence-corrected chi connectivity index (χ3v) is 6.52. The molecular formula is C23H22FN3OS. The summed E-state index contributed by atoms with van der Waals surface area (Å²) < 4.78 is 21.4. The molecule has 1 aliphatic carbocycles. The Labute approximate surface area is 172 Å². The smallest absolute Gasteiger partial charge is 0.167 e. The van der Waals surface area contributed by atoms with E-state index in [1.54, 1.807) is 6.07 Å². The zero-order valence-electron chi connectivity index (χ0n) is 16.5. The van der Waals surface area contributed by atoms with Crippen molar-refractivity contribution < 1.29 is 9.13 Å². The number of rotatable bonds is 4. The number of hydrogen-bond acceptors (Lipinski definition) is 5. The minimum atomic E-state index is -0.345. The lowest BCUT2D eigenvalue weighted by Gasteiger charge is -2.13. The normalized spacial score (nSPS) is 14.9. The quantitative estimate of drug-likeness (QED) is 0.402. The number of thiazole rings is 1. The van der Waals surface area contributed by atoms with Crippen LogP contribution < -0.4 is 4.74 Å². The summed E-state index contributed by atoms with van der Waals surface area (Å²) >= 11 is 1.54. The summed E-state index contributed by atoms with van der Waals surface area (Å²) in [6.07, 6.45) is 7.09. The Morgan fingerprint density at radius 3 is 2.72 bits per heavy atom. The molecule has 2 heterocycles. The predicted molar refractivity (Wildman–Crippen MR) is 115 cm³/mol. The molecule has 1 aliphatic rings. The molecule has 0 saturated heterocycles. The molecule has 2 aromatic carbocycles. The van der Waals surface area contributed by atoms with Crippen LogP contribution in [0.15, 0.2) is 30.5 Å². The van der Waals surface area contributed by atoms with E-state index >= 15 is 0 Å². The maximum absolute atomic E-state index is 14.6. The van der Waals surface area contributed by atoms with Gasteiger partial charge in [-0.2, -0.15) is 0 Å². The molecule has 148 valence electrons. The molecule has 5 rings (SSSR count). The lowest BCUT2D eigenvalue weighted by molar-refractivity contribution is 0.201. The number of aromatic nitrogens is 3. The van der Waals surface area contributed by atoms with Crippen LogP contribution in [0, 0.1) is 12.7 Å². The monoisotopic (exact) mass is 407 g/mol. The number of aryl methyl sites for hydroxylation is 2. The van der Waals surface area contributed by atoms with Gasteiger partial charge >= 0.3 is 0 Å².